The van der Waals surface area contributed by atoms with Crippen molar-refractivity contribution in [3.8, 4) is 0 Å². The highest BCUT2D eigenvalue weighted by atomic mass is 16.7. The zero-order chi connectivity index (χ0) is 21.8. The van der Waals surface area contributed by atoms with Crippen LogP contribution in [-0.4, -0.2) is 48.0 Å². The molecule has 0 spiro atoms. The first-order valence-corrected chi connectivity index (χ1v) is 9.59. The number of nitrogens with one attached hydrogen (secondary N) is 1. The maximum Gasteiger partial charge on any atom is 0.330 e. The first kappa shape index (κ1) is 30.3. The van der Waals surface area contributed by atoms with Gasteiger partial charge in [0.2, 0.25) is 0 Å². The Balaban J connectivity index is -0.000000372. The summed E-state index contributed by atoms with van der Waals surface area (Å²) in [7, 11) is 0. The van der Waals surface area contributed by atoms with Crippen molar-refractivity contribution in [3.63, 3.8) is 0 Å². The lowest BCUT2D eigenvalue weighted by Crippen LogP contribution is -2.34. The largest absolute Gasteiger partial charge is 0.463 e. The van der Waals surface area contributed by atoms with Crippen LogP contribution in [0.3, 0.4) is 0 Å². The van der Waals surface area contributed by atoms with Crippen molar-refractivity contribution in [3.05, 3.63) is 12.7 Å². The highest BCUT2D eigenvalue weighted by molar-refractivity contribution is 5.81. The summed E-state index contributed by atoms with van der Waals surface area (Å²) in [6, 6.07) is -0.0205. The Hall–Kier alpha value is -1.44. The van der Waals surface area contributed by atoms with Crippen LogP contribution in [0.5, 0.6) is 0 Å². The van der Waals surface area contributed by atoms with E-state index < -0.39 is 5.97 Å². The van der Waals surface area contributed by atoms with Gasteiger partial charge in [-0.3, -0.25) is 9.63 Å². The topological polar surface area (TPSA) is 94.1 Å². The lowest BCUT2D eigenvalue weighted by atomic mass is 10.3. The number of hydroxylamine groups is 1. The van der Waals surface area contributed by atoms with Gasteiger partial charge in [-0.25, -0.2) is 4.79 Å². The Labute approximate surface area is 165 Å². The van der Waals surface area contributed by atoms with E-state index in [1.54, 1.807) is 6.92 Å². The average molecular weight is 392 g/mol. The molecule has 0 aliphatic rings. The highest BCUT2D eigenvalue weighted by Crippen LogP contribution is 1.95. The van der Waals surface area contributed by atoms with Crippen molar-refractivity contribution in [1.29, 1.82) is 0 Å². The van der Waals surface area contributed by atoms with E-state index in [1.807, 2.05) is 41.5 Å². The Morgan fingerprint density at radius 2 is 1.52 bits per heavy atom. The highest BCUT2D eigenvalue weighted by Gasteiger charge is 2.06. The molecule has 0 amide bonds. The number of ether oxygens (including phenoxy) is 2. The third kappa shape index (κ3) is 29.6. The summed E-state index contributed by atoms with van der Waals surface area (Å²) in [5.74, 6) is -0.610. The summed E-state index contributed by atoms with van der Waals surface area (Å²) in [4.78, 5) is 26.1. The standard InChI is InChI=1S/C10H19NO3.C6H12O2.C4H10O/c1-5-9(4)14-11-8(3)7-13-10(12)6-2;1-4-5(2)8-6(3)7;1-3-4(2)5/h6,8-9,11H,2,5,7H2,1,3-4H3;5H,4H2,1-3H3;4-5H,3H2,1-2H3. The predicted octanol–water partition coefficient (Wildman–Crippen LogP) is 3.55. The smallest absolute Gasteiger partial charge is 0.330 e. The number of hydrogen-bond acceptors (Lipinski definition) is 7. The molecule has 0 heterocycles. The normalized spacial score (nSPS) is 14.1. The van der Waals surface area contributed by atoms with Crippen molar-refractivity contribution in [2.24, 2.45) is 0 Å². The van der Waals surface area contributed by atoms with Gasteiger partial charge in [0.25, 0.3) is 0 Å². The van der Waals surface area contributed by atoms with Crippen LogP contribution in [0.15, 0.2) is 12.7 Å². The SMILES string of the molecule is C=CC(=O)OCC(C)NOC(C)CC.CCC(C)O.CCC(C)OC(C)=O. The average Bonchev–Trinajstić information content (AvgIpc) is 2.64. The molecule has 0 aliphatic carbocycles. The number of esters is 2. The maximum atomic E-state index is 10.7. The van der Waals surface area contributed by atoms with Gasteiger partial charge in [0.1, 0.15) is 6.61 Å². The molecule has 0 aromatic heterocycles. The van der Waals surface area contributed by atoms with Crippen LogP contribution < -0.4 is 5.48 Å². The summed E-state index contributed by atoms with van der Waals surface area (Å²) < 4.78 is 9.58. The number of aliphatic hydroxyl groups is 1. The van der Waals surface area contributed by atoms with E-state index >= 15 is 0 Å². The van der Waals surface area contributed by atoms with E-state index in [4.69, 9.17) is 19.4 Å². The van der Waals surface area contributed by atoms with Gasteiger partial charge in [-0.05, 0) is 47.0 Å². The molecular formula is C20H41NO6. The lowest BCUT2D eigenvalue weighted by Gasteiger charge is -2.16. The molecule has 4 atom stereocenters. The van der Waals surface area contributed by atoms with Gasteiger partial charge < -0.3 is 14.6 Å². The molecule has 0 bridgehead atoms. The van der Waals surface area contributed by atoms with Crippen molar-refractivity contribution in [2.75, 3.05) is 6.61 Å². The zero-order valence-electron chi connectivity index (χ0n) is 18.4. The Morgan fingerprint density at radius 3 is 1.81 bits per heavy atom. The minimum atomic E-state index is -0.415. The maximum absolute atomic E-state index is 10.7. The number of carbonyl (C=O) groups is 2. The minimum Gasteiger partial charge on any atom is -0.463 e. The van der Waals surface area contributed by atoms with Crippen molar-refractivity contribution < 1.29 is 29.0 Å². The molecule has 0 saturated carbocycles. The zero-order valence-corrected chi connectivity index (χ0v) is 18.4. The number of carbonyl (C=O) groups excluding carboxylic acids is 2. The fraction of sp³-hybridized carbons (Fsp3) is 0.800. The van der Waals surface area contributed by atoms with Crippen LogP contribution in [0.4, 0.5) is 0 Å². The molecule has 7 heteroatoms. The van der Waals surface area contributed by atoms with E-state index in [-0.39, 0.29) is 36.9 Å². The van der Waals surface area contributed by atoms with Crippen molar-refractivity contribution >= 4 is 11.9 Å². The predicted molar refractivity (Wildman–Crippen MR) is 108 cm³/mol. The van der Waals surface area contributed by atoms with Crippen LogP contribution in [0.25, 0.3) is 0 Å². The number of hydrogen-bond donors (Lipinski definition) is 2. The second kappa shape index (κ2) is 20.9. The molecule has 7 nitrogen and oxygen atoms in total. The van der Waals surface area contributed by atoms with Gasteiger partial charge in [-0.1, -0.05) is 27.4 Å². The Morgan fingerprint density at radius 1 is 1.04 bits per heavy atom. The molecule has 0 aliphatic heterocycles. The van der Waals surface area contributed by atoms with E-state index in [1.165, 1.54) is 6.92 Å². The minimum absolute atomic E-state index is 0.0205. The third-order valence-electron chi connectivity index (χ3n) is 3.22. The fourth-order valence-electron chi connectivity index (χ4n) is 0.982. The van der Waals surface area contributed by atoms with Gasteiger partial charge in [0.15, 0.2) is 0 Å². The molecule has 0 fully saturated rings. The van der Waals surface area contributed by atoms with Crippen LogP contribution in [0.1, 0.15) is 74.7 Å². The summed E-state index contributed by atoms with van der Waals surface area (Å²) in [6.07, 6.45) is 3.95. The monoisotopic (exact) mass is 391 g/mol. The molecule has 4 unspecified atom stereocenters. The second-order valence-corrected chi connectivity index (χ2v) is 6.28. The van der Waals surface area contributed by atoms with Gasteiger partial charge >= 0.3 is 11.9 Å². The van der Waals surface area contributed by atoms with Gasteiger partial charge in [0, 0.05) is 13.0 Å². The van der Waals surface area contributed by atoms with Crippen LogP contribution >= 0.6 is 0 Å². The molecule has 0 aromatic carbocycles. The molecule has 162 valence electrons. The third-order valence-corrected chi connectivity index (χ3v) is 3.22. The van der Waals surface area contributed by atoms with Crippen LogP contribution in [0.2, 0.25) is 0 Å². The summed E-state index contributed by atoms with van der Waals surface area (Å²) in [5.41, 5.74) is 2.80. The molecule has 2 N–H and O–H groups in total. The number of rotatable bonds is 10. The summed E-state index contributed by atoms with van der Waals surface area (Å²) in [6.45, 7) is 18.5. The van der Waals surface area contributed by atoms with E-state index in [9.17, 15) is 9.59 Å². The van der Waals surface area contributed by atoms with Gasteiger partial charge in [0.05, 0.1) is 24.4 Å². The molecule has 0 saturated heterocycles. The van der Waals surface area contributed by atoms with Gasteiger partial charge in [-0.2, -0.15) is 5.48 Å². The van der Waals surface area contributed by atoms with E-state index in [0.717, 1.165) is 25.3 Å². The molecule has 0 rings (SSSR count). The number of aliphatic hydroxyl groups excluding tert-OH is 1. The summed E-state index contributed by atoms with van der Waals surface area (Å²) in [5, 5.41) is 8.36. The Bertz CT molecular complexity index is 373. The first-order valence-electron chi connectivity index (χ1n) is 9.59. The summed E-state index contributed by atoms with van der Waals surface area (Å²) >= 11 is 0. The lowest BCUT2D eigenvalue weighted by molar-refractivity contribution is -0.145. The molecule has 27 heavy (non-hydrogen) atoms. The molecule has 0 radical (unpaired) electrons. The quantitative estimate of drug-likeness (QED) is 0.334. The van der Waals surface area contributed by atoms with E-state index in [0.29, 0.717) is 0 Å². The van der Waals surface area contributed by atoms with Crippen LogP contribution in [-0.2, 0) is 23.9 Å². The Kier molecular flexibility index (Phi) is 23.4. The molecule has 0 aromatic rings. The van der Waals surface area contributed by atoms with Crippen molar-refractivity contribution in [1.82, 2.24) is 5.48 Å². The molecular weight excluding hydrogens is 350 g/mol. The van der Waals surface area contributed by atoms with Crippen molar-refractivity contribution in [2.45, 2.75) is 99.0 Å². The van der Waals surface area contributed by atoms with Crippen LogP contribution in [0, 0.1) is 0 Å². The fourth-order valence-corrected chi connectivity index (χ4v) is 0.982. The van der Waals surface area contributed by atoms with Gasteiger partial charge in [-0.15, -0.1) is 0 Å². The first-order chi connectivity index (χ1) is 12.5. The second-order valence-electron chi connectivity index (χ2n) is 6.28. The van der Waals surface area contributed by atoms with E-state index in [2.05, 4.69) is 12.1 Å².